The Morgan fingerprint density at radius 3 is 3.00 bits per heavy atom. The van der Waals surface area contributed by atoms with Crippen molar-refractivity contribution < 1.29 is 14.3 Å². The van der Waals surface area contributed by atoms with E-state index < -0.39 is 0 Å². The summed E-state index contributed by atoms with van der Waals surface area (Å²) in [5.74, 6) is 0.202. The summed E-state index contributed by atoms with van der Waals surface area (Å²) in [6.45, 7) is 1.41. The highest BCUT2D eigenvalue weighted by molar-refractivity contribution is 6.08. The molecule has 0 saturated heterocycles. The highest BCUT2D eigenvalue weighted by Crippen LogP contribution is 2.35. The van der Waals surface area contributed by atoms with Gasteiger partial charge in [0.1, 0.15) is 11.4 Å². The minimum Gasteiger partial charge on any atom is -0.436 e. The third-order valence-electron chi connectivity index (χ3n) is 2.77. The van der Waals surface area contributed by atoms with Crippen molar-refractivity contribution in [2.24, 2.45) is 0 Å². The molecule has 0 atom stereocenters. The van der Waals surface area contributed by atoms with Gasteiger partial charge < -0.3 is 15.4 Å². The van der Waals surface area contributed by atoms with Crippen molar-refractivity contribution in [2.75, 3.05) is 10.6 Å². The van der Waals surface area contributed by atoms with Crippen LogP contribution >= 0.6 is 0 Å². The predicted molar refractivity (Wildman–Crippen MR) is 73.0 cm³/mol. The van der Waals surface area contributed by atoms with Gasteiger partial charge in [0, 0.05) is 24.9 Å². The summed E-state index contributed by atoms with van der Waals surface area (Å²) in [6, 6.07) is 8.26. The van der Waals surface area contributed by atoms with Gasteiger partial charge in [-0.25, -0.2) is 4.98 Å². The lowest BCUT2D eigenvalue weighted by atomic mass is 10.1. The third-order valence-corrected chi connectivity index (χ3v) is 2.77. The molecule has 2 heterocycles. The van der Waals surface area contributed by atoms with Crippen molar-refractivity contribution in [1.29, 1.82) is 0 Å². The molecule has 3 rings (SSSR count). The summed E-state index contributed by atoms with van der Waals surface area (Å²) in [6.07, 6.45) is 1.58. The lowest BCUT2D eigenvalue weighted by Gasteiger charge is -2.08. The van der Waals surface area contributed by atoms with Gasteiger partial charge >= 0.3 is 0 Å². The molecule has 6 nitrogen and oxygen atoms in total. The summed E-state index contributed by atoms with van der Waals surface area (Å²) >= 11 is 0. The topological polar surface area (TPSA) is 80.3 Å². The second-order valence-corrected chi connectivity index (χ2v) is 4.30. The molecule has 6 heteroatoms. The number of hydrogen-bond donors (Lipinski definition) is 2. The number of carbonyl (C=O) groups excluding carboxylic acids is 2. The molecule has 2 aromatic rings. The first-order chi connectivity index (χ1) is 9.63. The number of ether oxygens (including phenoxy) is 1. The number of aromatic nitrogens is 1. The van der Waals surface area contributed by atoms with Crippen LogP contribution in [0.5, 0.6) is 11.6 Å². The van der Waals surface area contributed by atoms with Crippen LogP contribution in [0.4, 0.5) is 11.4 Å². The molecule has 0 spiro atoms. The van der Waals surface area contributed by atoms with Gasteiger partial charge in [-0.2, -0.15) is 0 Å². The van der Waals surface area contributed by atoms with E-state index in [9.17, 15) is 9.59 Å². The number of benzene rings is 1. The highest BCUT2D eigenvalue weighted by atomic mass is 16.5. The van der Waals surface area contributed by atoms with E-state index in [1.165, 1.54) is 6.92 Å². The van der Waals surface area contributed by atoms with Crippen molar-refractivity contribution in [3.63, 3.8) is 0 Å². The zero-order chi connectivity index (χ0) is 14.1. The number of hydrogen-bond acceptors (Lipinski definition) is 4. The molecule has 0 bridgehead atoms. The maximum atomic E-state index is 12.1. The minimum atomic E-state index is -0.277. The van der Waals surface area contributed by atoms with E-state index in [2.05, 4.69) is 15.6 Å². The molecule has 1 aliphatic rings. The zero-order valence-electron chi connectivity index (χ0n) is 10.6. The van der Waals surface area contributed by atoms with E-state index in [4.69, 9.17) is 4.74 Å². The van der Waals surface area contributed by atoms with E-state index in [0.29, 0.717) is 28.6 Å². The van der Waals surface area contributed by atoms with E-state index in [1.54, 1.807) is 36.5 Å². The van der Waals surface area contributed by atoms with Gasteiger partial charge in [0.15, 0.2) is 0 Å². The van der Waals surface area contributed by atoms with Gasteiger partial charge in [0.25, 0.3) is 5.91 Å². The van der Waals surface area contributed by atoms with Crippen molar-refractivity contribution >= 4 is 23.2 Å². The summed E-state index contributed by atoms with van der Waals surface area (Å²) < 4.78 is 5.65. The molecule has 20 heavy (non-hydrogen) atoms. The number of fused-ring (bicyclic) bond motifs is 2. The van der Waals surface area contributed by atoms with Crippen molar-refractivity contribution in [3.8, 4) is 11.6 Å². The van der Waals surface area contributed by atoms with Crippen LogP contribution in [0.15, 0.2) is 36.5 Å². The second kappa shape index (κ2) is 4.65. The molecule has 0 saturated carbocycles. The van der Waals surface area contributed by atoms with Gasteiger partial charge in [-0.15, -0.1) is 0 Å². The average molecular weight is 269 g/mol. The Hall–Kier alpha value is -2.89. The van der Waals surface area contributed by atoms with E-state index in [0.717, 1.165) is 0 Å². The monoisotopic (exact) mass is 269 g/mol. The van der Waals surface area contributed by atoms with Crippen molar-refractivity contribution in [2.45, 2.75) is 6.92 Å². The van der Waals surface area contributed by atoms with Crippen LogP contribution in [-0.2, 0) is 4.79 Å². The lowest BCUT2D eigenvalue weighted by Crippen LogP contribution is -2.11. The molecule has 2 N–H and O–H groups in total. The number of amides is 2. The van der Waals surface area contributed by atoms with Gasteiger partial charge in [-0.1, -0.05) is 0 Å². The first-order valence-corrected chi connectivity index (χ1v) is 5.99. The largest absolute Gasteiger partial charge is 0.436 e. The molecule has 100 valence electrons. The normalized spacial score (nSPS) is 12.3. The first kappa shape index (κ1) is 12.2. The summed E-state index contributed by atoms with van der Waals surface area (Å²) in [5.41, 5.74) is 1.45. The smallest absolute Gasteiger partial charge is 0.259 e. The van der Waals surface area contributed by atoms with Gasteiger partial charge in [-0.3, -0.25) is 9.59 Å². The molecule has 0 radical (unpaired) electrons. The van der Waals surface area contributed by atoms with E-state index >= 15 is 0 Å². The molecule has 2 amide bonds. The summed E-state index contributed by atoms with van der Waals surface area (Å²) in [4.78, 5) is 27.2. The fourth-order valence-corrected chi connectivity index (χ4v) is 1.94. The molecule has 1 aliphatic heterocycles. The Labute approximate surface area is 114 Å². The fourth-order valence-electron chi connectivity index (χ4n) is 1.94. The van der Waals surface area contributed by atoms with Crippen LogP contribution in [-0.4, -0.2) is 16.8 Å². The van der Waals surface area contributed by atoms with Gasteiger partial charge in [0.05, 0.1) is 5.56 Å². The van der Waals surface area contributed by atoms with Crippen LogP contribution < -0.4 is 15.4 Å². The Kier molecular flexibility index (Phi) is 2.83. The lowest BCUT2D eigenvalue weighted by molar-refractivity contribution is -0.114. The van der Waals surface area contributed by atoms with Crippen molar-refractivity contribution in [3.05, 3.63) is 42.1 Å². The molecular formula is C14H11N3O3. The number of carbonyl (C=O) groups is 2. The average Bonchev–Trinajstić information content (AvgIpc) is 2.53. The molecule has 1 aromatic heterocycles. The van der Waals surface area contributed by atoms with Crippen LogP contribution in [0.2, 0.25) is 0 Å². The van der Waals surface area contributed by atoms with Crippen LogP contribution in [0, 0.1) is 0 Å². The zero-order valence-corrected chi connectivity index (χ0v) is 10.6. The summed E-state index contributed by atoms with van der Waals surface area (Å²) in [5, 5.41) is 5.37. The van der Waals surface area contributed by atoms with Crippen LogP contribution in [0.3, 0.4) is 0 Å². The van der Waals surface area contributed by atoms with Gasteiger partial charge in [0.2, 0.25) is 11.8 Å². The van der Waals surface area contributed by atoms with Crippen molar-refractivity contribution in [1.82, 2.24) is 4.98 Å². The van der Waals surface area contributed by atoms with Crippen LogP contribution in [0.25, 0.3) is 0 Å². The van der Waals surface area contributed by atoms with E-state index in [-0.39, 0.29) is 11.8 Å². The standard InChI is InChI=1S/C14H11N3O3/c1-8(18)16-9-4-5-10-12(7-9)20-14-11(17-13(10)19)3-2-6-15-14/h2-7H,1H3,(H,16,18)(H,17,19). The number of rotatable bonds is 1. The van der Waals surface area contributed by atoms with Gasteiger partial charge in [-0.05, 0) is 24.3 Å². The van der Waals surface area contributed by atoms with Crippen LogP contribution in [0.1, 0.15) is 17.3 Å². The molecule has 1 aromatic carbocycles. The highest BCUT2D eigenvalue weighted by Gasteiger charge is 2.21. The molecule has 0 fully saturated rings. The molecule has 0 unspecified atom stereocenters. The maximum Gasteiger partial charge on any atom is 0.259 e. The van der Waals surface area contributed by atoms with E-state index in [1.807, 2.05) is 0 Å². The molecular weight excluding hydrogens is 258 g/mol. The number of pyridine rings is 1. The number of nitrogens with one attached hydrogen (secondary N) is 2. The Balaban J connectivity index is 2.06. The SMILES string of the molecule is CC(=O)Nc1ccc2c(c1)Oc1ncccc1NC2=O. The number of nitrogens with zero attached hydrogens (tertiary/aromatic N) is 1. The Morgan fingerprint density at radius 1 is 1.35 bits per heavy atom. The second-order valence-electron chi connectivity index (χ2n) is 4.30. The predicted octanol–water partition coefficient (Wildman–Crippen LogP) is 2.40. The fraction of sp³-hybridized carbons (Fsp3) is 0.0714. The Morgan fingerprint density at radius 2 is 2.20 bits per heavy atom. The summed E-state index contributed by atoms with van der Waals surface area (Å²) in [7, 11) is 0. The maximum absolute atomic E-state index is 12.1. The quantitative estimate of drug-likeness (QED) is 0.833. The Bertz CT molecular complexity index is 713. The minimum absolute atomic E-state index is 0.193. The third kappa shape index (κ3) is 2.18. The molecule has 0 aliphatic carbocycles. The number of anilines is 2. The first-order valence-electron chi connectivity index (χ1n) is 5.99.